The number of aromatic nitrogens is 2. The van der Waals surface area contributed by atoms with Crippen LogP contribution in [0.5, 0.6) is 5.75 Å². The molecule has 4 nitrogen and oxygen atoms in total. The topological polar surface area (TPSA) is 38.6 Å². The van der Waals surface area contributed by atoms with E-state index in [0.29, 0.717) is 13.2 Å². The van der Waals surface area contributed by atoms with Crippen molar-refractivity contribution in [3.8, 4) is 17.0 Å². The maximum atomic E-state index is 6.18. The van der Waals surface area contributed by atoms with Gasteiger partial charge in [-0.1, -0.05) is 84.4 Å². The summed E-state index contributed by atoms with van der Waals surface area (Å²) in [5, 5.41) is 3.62. The first-order valence-corrected chi connectivity index (χ1v) is 10.8. The second kappa shape index (κ2) is 8.98. The molecule has 0 bridgehead atoms. The van der Waals surface area contributed by atoms with Crippen molar-refractivity contribution in [3.05, 3.63) is 120 Å². The number of hydrogen-bond donors (Lipinski definition) is 1. The molecule has 3 aromatic carbocycles. The van der Waals surface area contributed by atoms with Crippen molar-refractivity contribution in [2.45, 2.75) is 20.1 Å². The van der Waals surface area contributed by atoms with Gasteiger partial charge in [-0.3, -0.25) is 4.40 Å². The Kier molecular flexibility index (Phi) is 5.58. The number of aryl methyl sites for hydroxylation is 1. The van der Waals surface area contributed by atoms with Gasteiger partial charge in [-0.25, -0.2) is 4.98 Å². The molecular weight excluding hydrogens is 394 g/mol. The Hall–Kier alpha value is -4.05. The zero-order chi connectivity index (χ0) is 21.8. The summed E-state index contributed by atoms with van der Waals surface area (Å²) in [6, 6.07) is 33.0. The van der Waals surface area contributed by atoms with E-state index in [1.165, 1.54) is 11.1 Å². The Bertz CT molecular complexity index is 1330. The highest BCUT2D eigenvalue weighted by atomic mass is 16.5. The molecule has 0 saturated carbocycles. The van der Waals surface area contributed by atoms with Crippen LogP contribution in [0.2, 0.25) is 0 Å². The fourth-order valence-corrected chi connectivity index (χ4v) is 3.83. The monoisotopic (exact) mass is 419 g/mol. The SMILES string of the molecule is Cc1cccc(-c2nc3c(OCc4ccccc4)cccn3c2NCc2ccccc2)c1. The summed E-state index contributed by atoms with van der Waals surface area (Å²) in [6.45, 7) is 3.31. The van der Waals surface area contributed by atoms with Gasteiger partial charge < -0.3 is 10.1 Å². The predicted molar refractivity (Wildman–Crippen MR) is 130 cm³/mol. The van der Waals surface area contributed by atoms with Gasteiger partial charge in [0.25, 0.3) is 0 Å². The minimum atomic E-state index is 0.500. The number of fused-ring (bicyclic) bond motifs is 1. The van der Waals surface area contributed by atoms with Gasteiger partial charge in [-0.05, 0) is 36.2 Å². The van der Waals surface area contributed by atoms with Gasteiger partial charge >= 0.3 is 0 Å². The van der Waals surface area contributed by atoms with Gasteiger partial charge in [0.1, 0.15) is 18.1 Å². The van der Waals surface area contributed by atoms with E-state index in [-0.39, 0.29) is 0 Å². The Morgan fingerprint density at radius 3 is 2.31 bits per heavy atom. The second-order valence-corrected chi connectivity index (χ2v) is 7.86. The largest absolute Gasteiger partial charge is 0.485 e. The number of anilines is 1. The van der Waals surface area contributed by atoms with E-state index in [2.05, 4.69) is 77.3 Å². The Morgan fingerprint density at radius 1 is 0.812 bits per heavy atom. The molecule has 0 amide bonds. The van der Waals surface area contributed by atoms with Crippen LogP contribution in [0, 0.1) is 6.92 Å². The number of rotatable bonds is 7. The van der Waals surface area contributed by atoms with E-state index in [9.17, 15) is 0 Å². The van der Waals surface area contributed by atoms with Gasteiger partial charge in [-0.2, -0.15) is 0 Å². The molecule has 1 N–H and O–H groups in total. The van der Waals surface area contributed by atoms with Crippen LogP contribution in [0.15, 0.2) is 103 Å². The minimum absolute atomic E-state index is 0.500. The molecule has 0 radical (unpaired) electrons. The van der Waals surface area contributed by atoms with Crippen molar-refractivity contribution in [2.24, 2.45) is 0 Å². The van der Waals surface area contributed by atoms with E-state index in [1.807, 2.05) is 42.6 Å². The van der Waals surface area contributed by atoms with Crippen molar-refractivity contribution < 1.29 is 4.74 Å². The Morgan fingerprint density at radius 2 is 1.56 bits per heavy atom. The second-order valence-electron chi connectivity index (χ2n) is 7.86. The molecule has 0 aliphatic heterocycles. The van der Waals surface area contributed by atoms with Crippen LogP contribution in [0.3, 0.4) is 0 Å². The molecule has 32 heavy (non-hydrogen) atoms. The maximum absolute atomic E-state index is 6.18. The lowest BCUT2D eigenvalue weighted by Gasteiger charge is -2.10. The summed E-state index contributed by atoms with van der Waals surface area (Å²) < 4.78 is 8.27. The molecule has 2 aromatic heterocycles. The smallest absolute Gasteiger partial charge is 0.181 e. The van der Waals surface area contributed by atoms with Crippen LogP contribution in [0.4, 0.5) is 5.82 Å². The lowest BCUT2D eigenvalue weighted by atomic mass is 10.1. The standard InChI is InChI=1S/C28H25N3O/c1-21-10-8-15-24(18-21)26-28(29-19-22-11-4-2-5-12-22)31-17-9-16-25(27(31)30-26)32-20-23-13-6-3-7-14-23/h2-18,29H,19-20H2,1H3. The molecule has 5 aromatic rings. The first-order chi connectivity index (χ1) is 15.8. The number of hydrogen-bond acceptors (Lipinski definition) is 3. The normalized spacial score (nSPS) is 10.9. The summed E-state index contributed by atoms with van der Waals surface area (Å²) in [4.78, 5) is 5.02. The highest BCUT2D eigenvalue weighted by Gasteiger charge is 2.17. The van der Waals surface area contributed by atoms with Gasteiger partial charge in [0.2, 0.25) is 0 Å². The van der Waals surface area contributed by atoms with Crippen LogP contribution in [0.25, 0.3) is 16.9 Å². The van der Waals surface area contributed by atoms with Crippen LogP contribution >= 0.6 is 0 Å². The maximum Gasteiger partial charge on any atom is 0.181 e. The number of pyridine rings is 1. The summed E-state index contributed by atoms with van der Waals surface area (Å²) in [5.74, 6) is 1.72. The van der Waals surface area contributed by atoms with Crippen molar-refractivity contribution in [1.29, 1.82) is 0 Å². The summed E-state index contributed by atoms with van der Waals surface area (Å²) in [6.07, 6.45) is 2.03. The first kappa shape index (κ1) is 19.9. The van der Waals surface area contributed by atoms with Gasteiger partial charge in [0, 0.05) is 18.3 Å². The van der Waals surface area contributed by atoms with Crippen molar-refractivity contribution in [1.82, 2.24) is 9.38 Å². The molecule has 0 unspecified atom stereocenters. The zero-order valence-corrected chi connectivity index (χ0v) is 18.0. The van der Waals surface area contributed by atoms with E-state index in [1.54, 1.807) is 0 Å². The molecule has 0 atom stereocenters. The van der Waals surface area contributed by atoms with Crippen LogP contribution in [-0.4, -0.2) is 9.38 Å². The van der Waals surface area contributed by atoms with Crippen LogP contribution < -0.4 is 10.1 Å². The molecule has 2 heterocycles. The van der Waals surface area contributed by atoms with Crippen molar-refractivity contribution >= 4 is 11.5 Å². The van der Waals surface area contributed by atoms with E-state index in [4.69, 9.17) is 9.72 Å². The molecule has 0 fully saturated rings. The highest BCUT2D eigenvalue weighted by molar-refractivity contribution is 5.78. The Labute approximate surface area is 188 Å². The van der Waals surface area contributed by atoms with Gasteiger partial charge in [-0.15, -0.1) is 0 Å². The fraction of sp³-hybridized carbons (Fsp3) is 0.107. The third-order valence-corrected chi connectivity index (χ3v) is 5.45. The summed E-state index contributed by atoms with van der Waals surface area (Å²) >= 11 is 0. The zero-order valence-electron chi connectivity index (χ0n) is 18.0. The van der Waals surface area contributed by atoms with Crippen LogP contribution in [-0.2, 0) is 13.2 Å². The van der Waals surface area contributed by atoms with E-state index >= 15 is 0 Å². The van der Waals surface area contributed by atoms with Crippen molar-refractivity contribution in [2.75, 3.05) is 5.32 Å². The third kappa shape index (κ3) is 4.21. The molecular formula is C28H25N3O. The molecule has 0 aliphatic rings. The summed E-state index contributed by atoms with van der Waals surface area (Å²) in [7, 11) is 0. The van der Waals surface area contributed by atoms with Crippen molar-refractivity contribution in [3.63, 3.8) is 0 Å². The number of nitrogens with zero attached hydrogens (tertiary/aromatic N) is 2. The predicted octanol–water partition coefficient (Wildman–Crippen LogP) is 6.50. The minimum Gasteiger partial charge on any atom is -0.485 e. The molecule has 4 heteroatoms. The van der Waals surface area contributed by atoms with E-state index in [0.717, 1.165) is 34.0 Å². The number of nitrogens with one attached hydrogen (secondary N) is 1. The highest BCUT2D eigenvalue weighted by Crippen LogP contribution is 2.33. The number of imidazole rings is 1. The molecule has 0 saturated heterocycles. The molecule has 158 valence electrons. The van der Waals surface area contributed by atoms with Gasteiger partial charge in [0.15, 0.2) is 11.4 Å². The molecule has 0 aliphatic carbocycles. The number of benzene rings is 3. The van der Waals surface area contributed by atoms with Crippen LogP contribution in [0.1, 0.15) is 16.7 Å². The molecule has 5 rings (SSSR count). The van der Waals surface area contributed by atoms with E-state index < -0.39 is 0 Å². The quantitative estimate of drug-likeness (QED) is 0.327. The average Bonchev–Trinajstić information content (AvgIpc) is 3.22. The lowest BCUT2D eigenvalue weighted by Crippen LogP contribution is -2.04. The Balaban J connectivity index is 1.55. The summed E-state index contributed by atoms with van der Waals surface area (Å²) in [5.41, 5.74) is 6.35. The average molecular weight is 420 g/mol. The number of ether oxygens (including phenoxy) is 1. The van der Waals surface area contributed by atoms with Gasteiger partial charge in [0.05, 0.1) is 0 Å². The third-order valence-electron chi connectivity index (χ3n) is 5.45. The lowest BCUT2D eigenvalue weighted by molar-refractivity contribution is 0.308. The fourth-order valence-electron chi connectivity index (χ4n) is 3.83. The molecule has 0 spiro atoms. The first-order valence-electron chi connectivity index (χ1n) is 10.8.